The number of rotatable bonds is 4. The Balaban J connectivity index is 1.88. The molecule has 1 aliphatic rings. The van der Waals surface area contributed by atoms with E-state index >= 15 is 0 Å². The third kappa shape index (κ3) is 4.21. The van der Waals surface area contributed by atoms with E-state index in [2.05, 4.69) is 17.1 Å². The molecule has 2 atom stereocenters. The molecule has 1 fully saturated rings. The molecule has 2 rings (SSSR count). The fourth-order valence-corrected chi connectivity index (χ4v) is 2.75. The van der Waals surface area contributed by atoms with Crippen LogP contribution in [0.2, 0.25) is 0 Å². The van der Waals surface area contributed by atoms with Crippen LogP contribution in [0.3, 0.4) is 0 Å². The maximum absolute atomic E-state index is 12.1. The normalized spacial score (nSPS) is 23.4. The van der Waals surface area contributed by atoms with E-state index in [0.29, 0.717) is 12.5 Å². The smallest absolute Gasteiger partial charge is 0.238 e. The first-order valence-corrected chi connectivity index (χ1v) is 6.98. The van der Waals surface area contributed by atoms with Crippen LogP contribution in [-0.4, -0.2) is 43.6 Å². The number of carbonyl (C=O) groups excluding carboxylic acids is 1. The average molecular weight is 277 g/mol. The number of benzene rings is 1. The molecule has 5 heteroatoms. The predicted molar refractivity (Wildman–Crippen MR) is 79.8 cm³/mol. The number of nitrogens with one attached hydrogen (secondary N) is 1. The maximum Gasteiger partial charge on any atom is 0.238 e. The van der Waals surface area contributed by atoms with Gasteiger partial charge < -0.3 is 15.8 Å². The first-order chi connectivity index (χ1) is 9.56. The van der Waals surface area contributed by atoms with Gasteiger partial charge in [0.05, 0.1) is 13.7 Å². The van der Waals surface area contributed by atoms with Crippen molar-refractivity contribution in [2.24, 2.45) is 11.7 Å². The SMILES string of the molecule is COc1cccc(NC(=O)CN2CC(C)CC(N)C2)c1. The van der Waals surface area contributed by atoms with Crippen LogP contribution < -0.4 is 15.8 Å². The van der Waals surface area contributed by atoms with Crippen molar-refractivity contribution in [1.82, 2.24) is 4.90 Å². The molecule has 0 spiro atoms. The zero-order valence-electron chi connectivity index (χ0n) is 12.1. The van der Waals surface area contributed by atoms with Crippen molar-refractivity contribution < 1.29 is 9.53 Å². The Kier molecular flexibility index (Phi) is 4.98. The van der Waals surface area contributed by atoms with Crippen molar-refractivity contribution in [3.05, 3.63) is 24.3 Å². The van der Waals surface area contributed by atoms with Gasteiger partial charge in [-0.05, 0) is 24.5 Å². The van der Waals surface area contributed by atoms with Gasteiger partial charge in [0.2, 0.25) is 5.91 Å². The summed E-state index contributed by atoms with van der Waals surface area (Å²) in [6.45, 7) is 4.27. The van der Waals surface area contributed by atoms with Crippen molar-refractivity contribution in [1.29, 1.82) is 0 Å². The minimum atomic E-state index is -0.0143. The number of carbonyl (C=O) groups is 1. The number of ether oxygens (including phenoxy) is 1. The number of likely N-dealkylation sites (tertiary alicyclic amines) is 1. The standard InChI is InChI=1S/C15H23N3O2/c1-11-6-12(16)9-18(8-11)10-15(19)17-13-4-3-5-14(7-13)20-2/h3-5,7,11-12H,6,8-10,16H2,1-2H3,(H,17,19). The van der Waals surface area contributed by atoms with Crippen LogP contribution >= 0.6 is 0 Å². The second-order valence-corrected chi connectivity index (χ2v) is 5.58. The molecule has 1 aromatic carbocycles. The highest BCUT2D eigenvalue weighted by atomic mass is 16.5. The summed E-state index contributed by atoms with van der Waals surface area (Å²) in [6, 6.07) is 7.53. The minimum absolute atomic E-state index is 0.0143. The first-order valence-electron chi connectivity index (χ1n) is 6.98. The first kappa shape index (κ1) is 14.8. The lowest BCUT2D eigenvalue weighted by Gasteiger charge is -2.34. The van der Waals surface area contributed by atoms with Gasteiger partial charge in [0.15, 0.2) is 0 Å². The molecule has 0 aromatic heterocycles. The Morgan fingerprint density at radius 2 is 2.30 bits per heavy atom. The number of methoxy groups -OCH3 is 1. The molecule has 1 amide bonds. The van der Waals surface area contributed by atoms with Gasteiger partial charge in [-0.1, -0.05) is 13.0 Å². The fourth-order valence-electron chi connectivity index (χ4n) is 2.75. The van der Waals surface area contributed by atoms with Gasteiger partial charge >= 0.3 is 0 Å². The molecule has 3 N–H and O–H groups in total. The number of anilines is 1. The highest BCUT2D eigenvalue weighted by Gasteiger charge is 2.23. The van der Waals surface area contributed by atoms with Crippen molar-refractivity contribution in [3.8, 4) is 5.75 Å². The van der Waals surface area contributed by atoms with Crippen molar-refractivity contribution in [2.75, 3.05) is 32.1 Å². The van der Waals surface area contributed by atoms with Crippen molar-refractivity contribution in [2.45, 2.75) is 19.4 Å². The van der Waals surface area contributed by atoms with Crippen LogP contribution in [0.15, 0.2) is 24.3 Å². The highest BCUT2D eigenvalue weighted by Crippen LogP contribution is 2.17. The van der Waals surface area contributed by atoms with Gasteiger partial charge in [0.1, 0.15) is 5.75 Å². The summed E-state index contributed by atoms with van der Waals surface area (Å²) in [5.74, 6) is 1.26. The summed E-state index contributed by atoms with van der Waals surface area (Å²) in [4.78, 5) is 14.2. The summed E-state index contributed by atoms with van der Waals surface area (Å²) in [7, 11) is 1.61. The van der Waals surface area contributed by atoms with E-state index < -0.39 is 0 Å². The number of piperidine rings is 1. The van der Waals surface area contributed by atoms with E-state index in [1.807, 2.05) is 24.3 Å². The molecule has 5 nitrogen and oxygen atoms in total. The van der Waals surface area contributed by atoms with Crippen LogP contribution in [0, 0.1) is 5.92 Å². The van der Waals surface area contributed by atoms with E-state index in [-0.39, 0.29) is 11.9 Å². The Morgan fingerprint density at radius 1 is 1.50 bits per heavy atom. The molecule has 0 radical (unpaired) electrons. The third-order valence-electron chi connectivity index (χ3n) is 3.49. The molecule has 1 aliphatic heterocycles. The van der Waals surface area contributed by atoms with Crippen LogP contribution in [0.1, 0.15) is 13.3 Å². The Hall–Kier alpha value is -1.59. The van der Waals surface area contributed by atoms with E-state index in [4.69, 9.17) is 10.5 Å². The van der Waals surface area contributed by atoms with Crippen LogP contribution in [0.4, 0.5) is 5.69 Å². The van der Waals surface area contributed by atoms with Gasteiger partial charge in [0, 0.05) is 30.9 Å². The molecule has 1 aromatic rings. The van der Waals surface area contributed by atoms with E-state index in [0.717, 1.165) is 30.9 Å². The Labute approximate surface area is 120 Å². The molecule has 0 saturated carbocycles. The van der Waals surface area contributed by atoms with Gasteiger partial charge in [0.25, 0.3) is 0 Å². The summed E-state index contributed by atoms with van der Waals surface area (Å²) in [5.41, 5.74) is 6.75. The van der Waals surface area contributed by atoms with Crippen molar-refractivity contribution >= 4 is 11.6 Å². The van der Waals surface area contributed by atoms with E-state index in [1.54, 1.807) is 7.11 Å². The Bertz CT molecular complexity index is 454. The molecule has 1 heterocycles. The monoisotopic (exact) mass is 277 g/mol. The molecule has 1 saturated heterocycles. The summed E-state index contributed by atoms with van der Waals surface area (Å²) < 4.78 is 5.14. The third-order valence-corrected chi connectivity index (χ3v) is 3.49. The average Bonchev–Trinajstić information content (AvgIpc) is 2.37. The van der Waals surface area contributed by atoms with Crippen LogP contribution in [-0.2, 0) is 4.79 Å². The van der Waals surface area contributed by atoms with E-state index in [9.17, 15) is 4.79 Å². The molecule has 0 bridgehead atoms. The number of nitrogens with zero attached hydrogens (tertiary/aromatic N) is 1. The van der Waals surface area contributed by atoms with Crippen molar-refractivity contribution in [3.63, 3.8) is 0 Å². The number of amides is 1. The van der Waals surface area contributed by atoms with Crippen LogP contribution in [0.25, 0.3) is 0 Å². The zero-order chi connectivity index (χ0) is 14.5. The number of hydrogen-bond acceptors (Lipinski definition) is 4. The molecular formula is C15H23N3O2. The fraction of sp³-hybridized carbons (Fsp3) is 0.533. The summed E-state index contributed by atoms with van der Waals surface area (Å²) >= 11 is 0. The van der Waals surface area contributed by atoms with Crippen LogP contribution in [0.5, 0.6) is 5.75 Å². The minimum Gasteiger partial charge on any atom is -0.497 e. The zero-order valence-corrected chi connectivity index (χ0v) is 12.1. The molecule has 0 aliphatic carbocycles. The number of hydrogen-bond donors (Lipinski definition) is 2. The van der Waals surface area contributed by atoms with E-state index in [1.165, 1.54) is 0 Å². The lowest BCUT2D eigenvalue weighted by atomic mass is 9.97. The summed E-state index contributed by atoms with van der Waals surface area (Å²) in [6.07, 6.45) is 1.04. The summed E-state index contributed by atoms with van der Waals surface area (Å²) in [5, 5.41) is 2.89. The van der Waals surface area contributed by atoms with Gasteiger partial charge in [-0.25, -0.2) is 0 Å². The van der Waals surface area contributed by atoms with Gasteiger partial charge in [-0.3, -0.25) is 9.69 Å². The lowest BCUT2D eigenvalue weighted by molar-refractivity contribution is -0.117. The largest absolute Gasteiger partial charge is 0.497 e. The Morgan fingerprint density at radius 3 is 3.00 bits per heavy atom. The molecule has 20 heavy (non-hydrogen) atoms. The predicted octanol–water partition coefficient (Wildman–Crippen LogP) is 1.30. The maximum atomic E-state index is 12.1. The quantitative estimate of drug-likeness (QED) is 0.870. The second-order valence-electron chi connectivity index (χ2n) is 5.58. The molecular weight excluding hydrogens is 254 g/mol. The van der Waals surface area contributed by atoms with Gasteiger partial charge in [-0.15, -0.1) is 0 Å². The highest BCUT2D eigenvalue weighted by molar-refractivity contribution is 5.92. The molecule has 110 valence electrons. The second kappa shape index (κ2) is 6.72. The lowest BCUT2D eigenvalue weighted by Crippen LogP contribution is -2.48. The van der Waals surface area contributed by atoms with Gasteiger partial charge in [-0.2, -0.15) is 0 Å². The number of nitrogens with two attached hydrogens (primary N) is 1. The molecule has 2 unspecified atom stereocenters. The topological polar surface area (TPSA) is 67.6 Å².